The van der Waals surface area contributed by atoms with Crippen molar-refractivity contribution in [2.45, 2.75) is 6.92 Å². The highest BCUT2D eigenvalue weighted by Crippen LogP contribution is 2.08. The van der Waals surface area contributed by atoms with E-state index in [1.54, 1.807) is 17.7 Å². The van der Waals surface area contributed by atoms with Crippen molar-refractivity contribution >= 4 is 5.95 Å². The lowest BCUT2D eigenvalue weighted by molar-refractivity contribution is 0.567. The molecule has 2 rings (SSSR count). The zero-order chi connectivity index (χ0) is 10.8. The molecule has 0 amide bonds. The fourth-order valence-electron chi connectivity index (χ4n) is 1.79. The highest BCUT2D eigenvalue weighted by atomic mass is 16.1. The second-order valence-corrected chi connectivity index (χ2v) is 3.83. The lowest BCUT2D eigenvalue weighted by Gasteiger charge is -2.29. The Labute approximate surface area is 88.7 Å². The van der Waals surface area contributed by atoms with Gasteiger partial charge in [0.2, 0.25) is 5.95 Å². The molecule has 0 unspecified atom stereocenters. The van der Waals surface area contributed by atoms with Crippen molar-refractivity contribution in [1.29, 1.82) is 0 Å². The summed E-state index contributed by atoms with van der Waals surface area (Å²) in [5.74, 6) is 0.779. The molecule has 1 aromatic rings. The number of aromatic nitrogens is 2. The van der Waals surface area contributed by atoms with Gasteiger partial charge in [0.15, 0.2) is 0 Å². The molecule has 0 bridgehead atoms. The predicted molar refractivity (Wildman–Crippen MR) is 59.3 cm³/mol. The molecule has 2 heterocycles. The Morgan fingerprint density at radius 1 is 1.40 bits per heavy atom. The Bertz CT molecular complexity index is 406. The van der Waals surface area contributed by atoms with Gasteiger partial charge in [0.25, 0.3) is 5.56 Å². The summed E-state index contributed by atoms with van der Waals surface area (Å²) in [6.45, 7) is 5.56. The zero-order valence-electron chi connectivity index (χ0n) is 9.16. The van der Waals surface area contributed by atoms with Gasteiger partial charge in [-0.15, -0.1) is 0 Å². The Morgan fingerprint density at radius 3 is 2.73 bits per heavy atom. The first kappa shape index (κ1) is 10.2. The molecule has 1 fully saturated rings. The lowest BCUT2D eigenvalue weighted by Crippen LogP contribution is -2.45. The van der Waals surface area contributed by atoms with Crippen LogP contribution in [0.1, 0.15) is 5.69 Å². The van der Waals surface area contributed by atoms with Crippen molar-refractivity contribution in [3.8, 4) is 0 Å². The van der Waals surface area contributed by atoms with Crippen molar-refractivity contribution in [2.75, 3.05) is 31.1 Å². The molecule has 5 heteroatoms. The van der Waals surface area contributed by atoms with Crippen molar-refractivity contribution in [3.05, 3.63) is 22.1 Å². The topological polar surface area (TPSA) is 50.2 Å². The fraction of sp³-hybridized carbons (Fsp3) is 0.600. The van der Waals surface area contributed by atoms with Crippen LogP contribution in [-0.2, 0) is 7.05 Å². The van der Waals surface area contributed by atoms with E-state index in [0.29, 0.717) is 0 Å². The third-order valence-corrected chi connectivity index (χ3v) is 2.64. The Balaban J connectivity index is 2.37. The maximum Gasteiger partial charge on any atom is 0.254 e. The smallest absolute Gasteiger partial charge is 0.254 e. The van der Waals surface area contributed by atoms with Crippen molar-refractivity contribution in [2.24, 2.45) is 7.05 Å². The van der Waals surface area contributed by atoms with E-state index in [4.69, 9.17) is 0 Å². The van der Waals surface area contributed by atoms with Crippen molar-refractivity contribution in [3.63, 3.8) is 0 Å². The molecule has 0 radical (unpaired) electrons. The summed E-state index contributed by atoms with van der Waals surface area (Å²) in [6.07, 6.45) is 0. The van der Waals surface area contributed by atoms with Crippen LogP contribution in [0.4, 0.5) is 5.95 Å². The molecule has 1 aliphatic rings. The number of nitrogens with one attached hydrogen (secondary N) is 1. The number of rotatable bonds is 1. The minimum absolute atomic E-state index is 0.0102. The van der Waals surface area contributed by atoms with E-state index in [0.717, 1.165) is 37.8 Å². The summed E-state index contributed by atoms with van der Waals surface area (Å²) in [5.41, 5.74) is 0.794. The average molecular weight is 208 g/mol. The van der Waals surface area contributed by atoms with E-state index in [1.807, 2.05) is 6.92 Å². The third kappa shape index (κ3) is 2.02. The Kier molecular flexibility index (Phi) is 2.73. The maximum absolute atomic E-state index is 11.6. The van der Waals surface area contributed by atoms with E-state index in [1.165, 1.54) is 0 Å². The molecule has 0 aliphatic carbocycles. The summed E-state index contributed by atoms with van der Waals surface area (Å²) in [5, 5.41) is 3.28. The fourth-order valence-corrected chi connectivity index (χ4v) is 1.79. The molecule has 5 nitrogen and oxygen atoms in total. The predicted octanol–water partition coefficient (Wildman–Crippen LogP) is -0.502. The summed E-state index contributed by atoms with van der Waals surface area (Å²) >= 11 is 0. The van der Waals surface area contributed by atoms with Crippen LogP contribution in [0.2, 0.25) is 0 Å². The largest absolute Gasteiger partial charge is 0.340 e. The van der Waals surface area contributed by atoms with Crippen LogP contribution in [-0.4, -0.2) is 35.7 Å². The van der Waals surface area contributed by atoms with E-state index < -0.39 is 0 Å². The van der Waals surface area contributed by atoms with Gasteiger partial charge < -0.3 is 10.2 Å². The van der Waals surface area contributed by atoms with Gasteiger partial charge in [0.1, 0.15) is 0 Å². The Morgan fingerprint density at radius 2 is 2.07 bits per heavy atom. The number of hydrogen-bond acceptors (Lipinski definition) is 4. The molecule has 0 spiro atoms. The highest BCUT2D eigenvalue weighted by Gasteiger charge is 2.14. The van der Waals surface area contributed by atoms with Gasteiger partial charge in [0, 0.05) is 45.0 Å². The Hall–Kier alpha value is -1.36. The quantitative estimate of drug-likeness (QED) is 0.676. The molecule has 15 heavy (non-hydrogen) atoms. The van der Waals surface area contributed by atoms with Crippen LogP contribution in [0.5, 0.6) is 0 Å². The zero-order valence-corrected chi connectivity index (χ0v) is 9.16. The van der Waals surface area contributed by atoms with Gasteiger partial charge in [-0.05, 0) is 6.92 Å². The SMILES string of the molecule is Cc1cc(=O)n(C)c(N2CCNCC2)n1. The second kappa shape index (κ2) is 4.02. The molecule has 0 saturated carbocycles. The van der Waals surface area contributed by atoms with E-state index >= 15 is 0 Å². The standard InChI is InChI=1S/C10H16N4O/c1-8-7-9(15)13(2)10(12-8)14-5-3-11-4-6-14/h7,11H,3-6H2,1-2H3. The molecule has 0 atom stereocenters. The van der Waals surface area contributed by atoms with Crippen molar-refractivity contribution < 1.29 is 0 Å². The first-order chi connectivity index (χ1) is 7.18. The third-order valence-electron chi connectivity index (χ3n) is 2.64. The van der Waals surface area contributed by atoms with E-state index in [9.17, 15) is 4.79 Å². The first-order valence-electron chi connectivity index (χ1n) is 5.19. The molecular weight excluding hydrogens is 192 g/mol. The summed E-state index contributed by atoms with van der Waals surface area (Å²) in [4.78, 5) is 18.1. The van der Waals surface area contributed by atoms with Crippen LogP contribution in [0.15, 0.2) is 10.9 Å². The highest BCUT2D eigenvalue weighted by molar-refractivity contribution is 5.32. The lowest BCUT2D eigenvalue weighted by atomic mass is 10.4. The van der Waals surface area contributed by atoms with Gasteiger partial charge in [-0.25, -0.2) is 4.98 Å². The second-order valence-electron chi connectivity index (χ2n) is 3.83. The van der Waals surface area contributed by atoms with Crippen molar-refractivity contribution in [1.82, 2.24) is 14.9 Å². The molecule has 82 valence electrons. The average Bonchev–Trinajstić information content (AvgIpc) is 2.24. The number of hydrogen-bond donors (Lipinski definition) is 1. The number of anilines is 1. The molecule has 1 aromatic heterocycles. The van der Waals surface area contributed by atoms with Gasteiger partial charge >= 0.3 is 0 Å². The van der Waals surface area contributed by atoms with Gasteiger partial charge in [-0.1, -0.05) is 0 Å². The van der Waals surface area contributed by atoms with Crippen LogP contribution < -0.4 is 15.8 Å². The number of nitrogens with zero attached hydrogens (tertiary/aromatic N) is 3. The van der Waals surface area contributed by atoms with Crippen LogP contribution in [0.25, 0.3) is 0 Å². The van der Waals surface area contributed by atoms with Gasteiger partial charge in [-0.2, -0.15) is 0 Å². The molecular formula is C10H16N4O. The monoisotopic (exact) mass is 208 g/mol. The molecule has 1 N–H and O–H groups in total. The summed E-state index contributed by atoms with van der Waals surface area (Å²) < 4.78 is 1.61. The summed E-state index contributed by atoms with van der Waals surface area (Å²) in [6, 6.07) is 1.56. The van der Waals surface area contributed by atoms with E-state index in [2.05, 4.69) is 15.2 Å². The maximum atomic E-state index is 11.6. The van der Waals surface area contributed by atoms with Crippen LogP contribution in [0.3, 0.4) is 0 Å². The number of piperazine rings is 1. The molecule has 1 saturated heterocycles. The van der Waals surface area contributed by atoms with Crippen LogP contribution in [0, 0.1) is 6.92 Å². The summed E-state index contributed by atoms with van der Waals surface area (Å²) in [7, 11) is 1.77. The van der Waals surface area contributed by atoms with Gasteiger partial charge in [-0.3, -0.25) is 9.36 Å². The molecule has 1 aliphatic heterocycles. The van der Waals surface area contributed by atoms with Gasteiger partial charge in [0.05, 0.1) is 0 Å². The normalized spacial score (nSPS) is 16.8. The van der Waals surface area contributed by atoms with E-state index in [-0.39, 0.29) is 5.56 Å². The van der Waals surface area contributed by atoms with Crippen LogP contribution >= 0.6 is 0 Å². The first-order valence-corrected chi connectivity index (χ1v) is 5.19. The minimum atomic E-state index is 0.0102. The molecule has 0 aromatic carbocycles. The number of aryl methyl sites for hydroxylation is 1. The minimum Gasteiger partial charge on any atom is -0.340 e.